The second-order valence-electron chi connectivity index (χ2n) is 8.61. The lowest BCUT2D eigenvalue weighted by atomic mass is 10.1. The van der Waals surface area contributed by atoms with Gasteiger partial charge in [0.15, 0.2) is 0 Å². The molecule has 35 heavy (non-hydrogen) atoms. The Bertz CT molecular complexity index is 1400. The molecular weight excluding hydrogens is 436 g/mol. The zero-order chi connectivity index (χ0) is 24.2. The number of aromatic nitrogens is 1. The second-order valence-corrected chi connectivity index (χ2v) is 8.61. The first-order chi connectivity index (χ1) is 17.1. The SMILES string of the molecule is Cc1c(-c2ccc(O)cc2)n(Cc2ccc(OCCN3C=CC=CC=C3)cc2)c2ccc(O)cc12. The number of hydrogen-bond donors (Lipinski definition) is 2. The first-order valence-corrected chi connectivity index (χ1v) is 11.7. The summed E-state index contributed by atoms with van der Waals surface area (Å²) in [6, 6.07) is 20.9. The Balaban J connectivity index is 1.37. The van der Waals surface area contributed by atoms with Gasteiger partial charge in [0.2, 0.25) is 0 Å². The topological polar surface area (TPSA) is 57.9 Å². The lowest BCUT2D eigenvalue weighted by molar-refractivity contribution is 0.284. The molecule has 0 radical (unpaired) electrons. The molecule has 0 saturated heterocycles. The average molecular weight is 465 g/mol. The molecule has 0 amide bonds. The summed E-state index contributed by atoms with van der Waals surface area (Å²) < 4.78 is 8.22. The number of ether oxygens (including phenoxy) is 1. The van der Waals surface area contributed by atoms with E-state index in [-0.39, 0.29) is 11.5 Å². The van der Waals surface area contributed by atoms with Crippen LogP contribution in [0.3, 0.4) is 0 Å². The van der Waals surface area contributed by atoms with Crippen molar-refractivity contribution in [3.05, 3.63) is 115 Å². The van der Waals surface area contributed by atoms with Crippen LogP contribution in [0.15, 0.2) is 103 Å². The maximum atomic E-state index is 10.1. The van der Waals surface area contributed by atoms with Crippen LogP contribution < -0.4 is 4.74 Å². The predicted octanol–water partition coefficient (Wildman–Crippen LogP) is 6.35. The van der Waals surface area contributed by atoms with E-state index in [1.165, 1.54) is 0 Å². The van der Waals surface area contributed by atoms with E-state index in [1.807, 2.05) is 73.1 Å². The number of allylic oxidation sites excluding steroid dienone is 4. The van der Waals surface area contributed by atoms with Gasteiger partial charge < -0.3 is 24.4 Å². The first kappa shape index (κ1) is 22.4. The van der Waals surface area contributed by atoms with Crippen LogP contribution in [0.5, 0.6) is 17.2 Å². The molecule has 3 aromatic carbocycles. The molecule has 0 spiro atoms. The number of phenolic OH excluding ortho intramolecular Hbond substituents is 2. The minimum Gasteiger partial charge on any atom is -0.508 e. The predicted molar refractivity (Wildman–Crippen MR) is 141 cm³/mol. The molecule has 1 aliphatic rings. The Morgan fingerprint density at radius 3 is 2.17 bits per heavy atom. The van der Waals surface area contributed by atoms with Crippen LogP contribution in [-0.4, -0.2) is 32.8 Å². The molecule has 0 saturated carbocycles. The van der Waals surface area contributed by atoms with Crippen molar-refractivity contribution in [2.24, 2.45) is 0 Å². The highest BCUT2D eigenvalue weighted by Gasteiger charge is 2.17. The number of aryl methyl sites for hydroxylation is 1. The minimum absolute atomic E-state index is 0.238. The van der Waals surface area contributed by atoms with E-state index >= 15 is 0 Å². The number of nitrogens with zero attached hydrogens (tertiary/aromatic N) is 2. The average Bonchev–Trinajstić information content (AvgIpc) is 3.01. The Morgan fingerprint density at radius 1 is 0.771 bits per heavy atom. The van der Waals surface area contributed by atoms with Crippen molar-refractivity contribution in [2.45, 2.75) is 13.5 Å². The Labute approximate surface area is 205 Å². The van der Waals surface area contributed by atoms with E-state index < -0.39 is 0 Å². The maximum Gasteiger partial charge on any atom is 0.119 e. The number of benzene rings is 3. The molecule has 0 atom stereocenters. The van der Waals surface area contributed by atoms with E-state index in [9.17, 15) is 10.2 Å². The van der Waals surface area contributed by atoms with Crippen molar-refractivity contribution in [1.29, 1.82) is 0 Å². The largest absolute Gasteiger partial charge is 0.508 e. The van der Waals surface area contributed by atoms with Gasteiger partial charge in [-0.3, -0.25) is 0 Å². The van der Waals surface area contributed by atoms with Gasteiger partial charge in [-0.25, -0.2) is 0 Å². The third-order valence-electron chi connectivity index (χ3n) is 6.21. The minimum atomic E-state index is 0.238. The second kappa shape index (κ2) is 9.85. The van der Waals surface area contributed by atoms with E-state index in [0.29, 0.717) is 13.2 Å². The van der Waals surface area contributed by atoms with Gasteiger partial charge in [0.05, 0.1) is 12.2 Å². The van der Waals surface area contributed by atoms with E-state index in [2.05, 4.69) is 28.5 Å². The van der Waals surface area contributed by atoms with Gasteiger partial charge in [-0.1, -0.05) is 24.3 Å². The van der Waals surface area contributed by atoms with E-state index in [0.717, 1.165) is 45.6 Å². The smallest absolute Gasteiger partial charge is 0.119 e. The Morgan fingerprint density at radius 2 is 1.46 bits per heavy atom. The highest BCUT2D eigenvalue weighted by molar-refractivity contribution is 5.92. The van der Waals surface area contributed by atoms with Crippen LogP contribution in [0, 0.1) is 6.92 Å². The highest BCUT2D eigenvalue weighted by Crippen LogP contribution is 2.36. The Kier molecular flexibility index (Phi) is 6.31. The fourth-order valence-corrected chi connectivity index (χ4v) is 4.46. The van der Waals surface area contributed by atoms with Gasteiger partial charge in [0, 0.05) is 29.8 Å². The van der Waals surface area contributed by atoms with E-state index in [1.54, 1.807) is 18.2 Å². The number of rotatable bonds is 7. The zero-order valence-electron chi connectivity index (χ0n) is 19.6. The van der Waals surface area contributed by atoms with Crippen molar-refractivity contribution >= 4 is 10.9 Å². The molecule has 0 unspecified atom stereocenters. The quantitative estimate of drug-likeness (QED) is 0.334. The summed E-state index contributed by atoms with van der Waals surface area (Å²) in [6.07, 6.45) is 12.1. The molecule has 0 aliphatic carbocycles. The first-order valence-electron chi connectivity index (χ1n) is 11.7. The van der Waals surface area contributed by atoms with Crippen LogP contribution in [0.4, 0.5) is 0 Å². The van der Waals surface area contributed by atoms with Gasteiger partial charge in [-0.2, -0.15) is 0 Å². The lowest BCUT2D eigenvalue weighted by Crippen LogP contribution is -2.17. The van der Waals surface area contributed by atoms with Crippen molar-refractivity contribution in [3.8, 4) is 28.5 Å². The maximum absolute atomic E-state index is 10.1. The summed E-state index contributed by atoms with van der Waals surface area (Å²) in [5.41, 5.74) is 5.37. The molecule has 176 valence electrons. The summed E-state index contributed by atoms with van der Waals surface area (Å²) in [4.78, 5) is 2.09. The standard InChI is InChI=1S/C30H28N2O3/c1-22-28-20-26(34)12-15-29(28)32(30(22)24-8-10-25(33)11-9-24)21-23-6-13-27(14-7-23)35-19-18-31-16-4-2-3-5-17-31/h2-17,20,33-34H,18-19,21H2,1H3. The molecule has 2 N–H and O–H groups in total. The van der Waals surface area contributed by atoms with Crippen LogP contribution >= 0.6 is 0 Å². The third-order valence-corrected chi connectivity index (χ3v) is 6.21. The molecule has 4 aromatic rings. The molecule has 2 heterocycles. The highest BCUT2D eigenvalue weighted by atomic mass is 16.5. The van der Waals surface area contributed by atoms with Crippen LogP contribution in [0.1, 0.15) is 11.1 Å². The number of fused-ring (bicyclic) bond motifs is 1. The number of hydrogen-bond acceptors (Lipinski definition) is 4. The number of aromatic hydroxyl groups is 2. The molecule has 5 rings (SSSR count). The lowest BCUT2D eigenvalue weighted by Gasteiger charge is -2.16. The number of phenols is 2. The van der Waals surface area contributed by atoms with Crippen molar-refractivity contribution in [2.75, 3.05) is 13.2 Å². The molecule has 1 aromatic heterocycles. The van der Waals surface area contributed by atoms with Crippen molar-refractivity contribution < 1.29 is 14.9 Å². The van der Waals surface area contributed by atoms with Crippen molar-refractivity contribution in [1.82, 2.24) is 9.47 Å². The van der Waals surface area contributed by atoms with Gasteiger partial charge in [-0.05, 0) is 90.4 Å². The van der Waals surface area contributed by atoms with Gasteiger partial charge in [0.1, 0.15) is 23.9 Å². The third kappa shape index (κ3) is 4.94. The molecule has 1 aliphatic heterocycles. The summed E-state index contributed by atoms with van der Waals surface area (Å²) in [5, 5.41) is 20.9. The fraction of sp³-hybridized carbons (Fsp3) is 0.133. The van der Waals surface area contributed by atoms with Crippen molar-refractivity contribution in [3.63, 3.8) is 0 Å². The van der Waals surface area contributed by atoms with Crippen LogP contribution in [-0.2, 0) is 6.54 Å². The van der Waals surface area contributed by atoms with Crippen LogP contribution in [0.25, 0.3) is 22.2 Å². The summed E-state index contributed by atoms with van der Waals surface area (Å²) in [7, 11) is 0. The molecular formula is C30H28N2O3. The molecule has 0 fully saturated rings. The molecule has 5 heteroatoms. The molecule has 0 bridgehead atoms. The van der Waals surface area contributed by atoms with Gasteiger partial charge >= 0.3 is 0 Å². The molecule has 5 nitrogen and oxygen atoms in total. The fourth-order valence-electron chi connectivity index (χ4n) is 4.46. The Hall–Kier alpha value is -4.38. The van der Waals surface area contributed by atoms with Gasteiger partial charge in [-0.15, -0.1) is 0 Å². The van der Waals surface area contributed by atoms with E-state index in [4.69, 9.17) is 4.74 Å². The van der Waals surface area contributed by atoms with Crippen LogP contribution in [0.2, 0.25) is 0 Å². The normalized spacial score (nSPS) is 12.9. The monoisotopic (exact) mass is 464 g/mol. The summed E-state index contributed by atoms with van der Waals surface area (Å²) >= 11 is 0. The zero-order valence-corrected chi connectivity index (χ0v) is 19.6. The summed E-state index contributed by atoms with van der Waals surface area (Å²) in [6.45, 7) is 4.10. The van der Waals surface area contributed by atoms with Gasteiger partial charge in [0.25, 0.3) is 0 Å². The summed E-state index contributed by atoms with van der Waals surface area (Å²) in [5.74, 6) is 1.33.